The Labute approximate surface area is 129 Å². The topological polar surface area (TPSA) is 20.3 Å². The van der Waals surface area contributed by atoms with Gasteiger partial charge >= 0.3 is 0 Å². The molecule has 0 heterocycles. The van der Waals surface area contributed by atoms with Crippen LogP contribution in [-0.4, -0.2) is 22.9 Å². The number of nitrogens with zero attached hydrogens (tertiary/aromatic N) is 1. The monoisotopic (exact) mass is 287 g/mol. The maximum Gasteiger partial charge on any atom is 0.254 e. The summed E-state index contributed by atoms with van der Waals surface area (Å²) in [7, 11) is 0. The average molecular weight is 287 g/mol. The number of carbonyl (C=O) groups is 1. The highest BCUT2D eigenvalue weighted by molar-refractivity contribution is 5.94. The summed E-state index contributed by atoms with van der Waals surface area (Å²) < 4.78 is 0. The summed E-state index contributed by atoms with van der Waals surface area (Å²) in [5.74, 6) is 0.192. The molecule has 0 N–H and O–H groups in total. The Morgan fingerprint density at radius 1 is 1.10 bits per heavy atom. The number of amides is 1. The summed E-state index contributed by atoms with van der Waals surface area (Å²) in [6, 6.07) is 8.88. The zero-order chi connectivity index (χ0) is 15.6. The van der Waals surface area contributed by atoms with Crippen molar-refractivity contribution >= 4 is 5.91 Å². The van der Waals surface area contributed by atoms with Crippen LogP contribution in [-0.2, 0) is 5.41 Å². The molecule has 1 saturated carbocycles. The van der Waals surface area contributed by atoms with Crippen LogP contribution in [0, 0.1) is 0 Å². The predicted octanol–water partition coefficient (Wildman–Crippen LogP) is 4.78. The molecule has 116 valence electrons. The summed E-state index contributed by atoms with van der Waals surface area (Å²) in [5, 5.41) is 0. The van der Waals surface area contributed by atoms with Crippen LogP contribution in [0.3, 0.4) is 0 Å². The fourth-order valence-corrected chi connectivity index (χ4v) is 3.27. The third-order valence-corrected chi connectivity index (χ3v) is 4.51. The average Bonchev–Trinajstić information content (AvgIpc) is 2.91. The first-order chi connectivity index (χ1) is 9.80. The van der Waals surface area contributed by atoms with Crippen LogP contribution in [0.25, 0.3) is 0 Å². The fraction of sp³-hybridized carbons (Fsp3) is 0.632. The lowest BCUT2D eigenvalue weighted by molar-refractivity contribution is 0.0613. The molecule has 1 aliphatic rings. The van der Waals surface area contributed by atoms with Gasteiger partial charge in [0.1, 0.15) is 0 Å². The van der Waals surface area contributed by atoms with Gasteiger partial charge in [-0.05, 0) is 49.8 Å². The summed E-state index contributed by atoms with van der Waals surface area (Å²) in [6.07, 6.45) is 4.82. The van der Waals surface area contributed by atoms with Crippen molar-refractivity contribution in [1.29, 1.82) is 0 Å². The summed E-state index contributed by atoms with van der Waals surface area (Å²) in [4.78, 5) is 15.0. The minimum Gasteiger partial charge on any atom is -0.333 e. The number of rotatable bonds is 3. The van der Waals surface area contributed by atoms with Gasteiger partial charge in [-0.15, -0.1) is 0 Å². The Morgan fingerprint density at radius 2 is 1.62 bits per heavy atom. The molecule has 1 aromatic rings. The molecular weight excluding hydrogens is 258 g/mol. The Bertz CT molecular complexity index is 475. The van der Waals surface area contributed by atoms with E-state index in [2.05, 4.69) is 51.7 Å². The minimum atomic E-state index is 0.130. The molecule has 1 aliphatic carbocycles. The molecule has 1 aromatic carbocycles. The van der Waals surface area contributed by atoms with Crippen molar-refractivity contribution in [2.45, 2.75) is 77.8 Å². The van der Waals surface area contributed by atoms with E-state index in [1.807, 2.05) is 12.1 Å². The van der Waals surface area contributed by atoms with E-state index in [4.69, 9.17) is 0 Å². The van der Waals surface area contributed by atoms with Gasteiger partial charge < -0.3 is 4.90 Å². The van der Waals surface area contributed by atoms with Crippen LogP contribution in [0.4, 0.5) is 0 Å². The molecule has 0 aromatic heterocycles. The van der Waals surface area contributed by atoms with E-state index in [0.29, 0.717) is 6.04 Å². The molecule has 2 heteroatoms. The van der Waals surface area contributed by atoms with E-state index in [0.717, 1.165) is 18.4 Å². The van der Waals surface area contributed by atoms with Crippen LogP contribution in [0.2, 0.25) is 0 Å². The van der Waals surface area contributed by atoms with Gasteiger partial charge in [0.25, 0.3) is 5.91 Å². The summed E-state index contributed by atoms with van der Waals surface area (Å²) >= 11 is 0. The highest BCUT2D eigenvalue weighted by atomic mass is 16.2. The number of benzene rings is 1. The largest absolute Gasteiger partial charge is 0.333 e. The van der Waals surface area contributed by atoms with E-state index in [9.17, 15) is 4.79 Å². The van der Waals surface area contributed by atoms with Crippen LogP contribution in [0.15, 0.2) is 24.3 Å². The summed E-state index contributed by atoms with van der Waals surface area (Å²) in [6.45, 7) is 10.8. The van der Waals surface area contributed by atoms with E-state index in [-0.39, 0.29) is 17.4 Å². The third kappa shape index (κ3) is 3.66. The van der Waals surface area contributed by atoms with E-state index in [1.165, 1.54) is 18.4 Å². The fourth-order valence-electron chi connectivity index (χ4n) is 3.27. The molecule has 21 heavy (non-hydrogen) atoms. The molecule has 0 bridgehead atoms. The molecule has 0 saturated heterocycles. The van der Waals surface area contributed by atoms with Gasteiger partial charge in [-0.1, -0.05) is 45.7 Å². The molecule has 0 aliphatic heterocycles. The second kappa shape index (κ2) is 6.21. The van der Waals surface area contributed by atoms with Crippen LogP contribution in [0.1, 0.15) is 76.2 Å². The second-order valence-electron chi connectivity index (χ2n) is 7.57. The lowest BCUT2D eigenvalue weighted by Crippen LogP contribution is -2.43. The predicted molar refractivity (Wildman–Crippen MR) is 88.7 cm³/mol. The van der Waals surface area contributed by atoms with Gasteiger partial charge in [0.2, 0.25) is 0 Å². The second-order valence-corrected chi connectivity index (χ2v) is 7.57. The number of hydrogen-bond donors (Lipinski definition) is 0. The van der Waals surface area contributed by atoms with Crippen LogP contribution >= 0.6 is 0 Å². The molecule has 0 spiro atoms. The molecule has 0 radical (unpaired) electrons. The zero-order valence-electron chi connectivity index (χ0n) is 14.1. The van der Waals surface area contributed by atoms with Gasteiger partial charge in [0.15, 0.2) is 0 Å². The van der Waals surface area contributed by atoms with E-state index < -0.39 is 0 Å². The van der Waals surface area contributed by atoms with Gasteiger partial charge in [0, 0.05) is 17.6 Å². The van der Waals surface area contributed by atoms with Gasteiger partial charge in [0.05, 0.1) is 0 Å². The Balaban J connectivity index is 2.20. The standard InChI is InChI=1S/C19H29NO/c1-14(2)20(17-8-6-7-9-17)18(21)15-10-12-16(13-11-15)19(3,4)5/h10-14,17H,6-9H2,1-5H3. The van der Waals surface area contributed by atoms with Crippen LogP contribution < -0.4 is 0 Å². The van der Waals surface area contributed by atoms with E-state index >= 15 is 0 Å². The van der Waals surface area contributed by atoms with Crippen molar-refractivity contribution < 1.29 is 4.79 Å². The first-order valence-corrected chi connectivity index (χ1v) is 8.24. The van der Waals surface area contributed by atoms with Gasteiger partial charge in [-0.3, -0.25) is 4.79 Å². The third-order valence-electron chi connectivity index (χ3n) is 4.51. The lowest BCUT2D eigenvalue weighted by Gasteiger charge is -2.33. The van der Waals surface area contributed by atoms with Crippen molar-refractivity contribution in [2.75, 3.05) is 0 Å². The molecule has 0 atom stereocenters. The van der Waals surface area contributed by atoms with Gasteiger partial charge in [-0.25, -0.2) is 0 Å². The quantitative estimate of drug-likeness (QED) is 0.783. The molecular formula is C19H29NO. The Morgan fingerprint density at radius 3 is 2.05 bits per heavy atom. The maximum absolute atomic E-state index is 12.9. The van der Waals surface area contributed by atoms with Crippen molar-refractivity contribution in [3.63, 3.8) is 0 Å². The van der Waals surface area contributed by atoms with Gasteiger partial charge in [-0.2, -0.15) is 0 Å². The molecule has 2 nitrogen and oxygen atoms in total. The highest BCUT2D eigenvalue weighted by Crippen LogP contribution is 2.27. The minimum absolute atomic E-state index is 0.130. The van der Waals surface area contributed by atoms with E-state index in [1.54, 1.807) is 0 Å². The summed E-state index contributed by atoms with van der Waals surface area (Å²) in [5.41, 5.74) is 2.23. The maximum atomic E-state index is 12.9. The normalized spacial score (nSPS) is 16.5. The SMILES string of the molecule is CC(C)N(C(=O)c1ccc(C(C)(C)C)cc1)C1CCCC1. The molecule has 2 rings (SSSR count). The molecule has 1 amide bonds. The van der Waals surface area contributed by atoms with Crippen molar-refractivity contribution in [3.05, 3.63) is 35.4 Å². The smallest absolute Gasteiger partial charge is 0.254 e. The zero-order valence-corrected chi connectivity index (χ0v) is 14.1. The molecule has 0 unspecified atom stereocenters. The van der Waals surface area contributed by atoms with Crippen molar-refractivity contribution in [2.24, 2.45) is 0 Å². The van der Waals surface area contributed by atoms with Crippen molar-refractivity contribution in [1.82, 2.24) is 4.90 Å². The lowest BCUT2D eigenvalue weighted by atomic mass is 9.86. The number of carbonyl (C=O) groups excluding carboxylic acids is 1. The first-order valence-electron chi connectivity index (χ1n) is 8.24. The first kappa shape index (κ1) is 16.1. The highest BCUT2D eigenvalue weighted by Gasteiger charge is 2.29. The Kier molecular flexibility index (Phi) is 4.75. The Hall–Kier alpha value is -1.31. The molecule has 1 fully saturated rings. The van der Waals surface area contributed by atoms with Crippen LogP contribution in [0.5, 0.6) is 0 Å². The number of hydrogen-bond acceptors (Lipinski definition) is 1. The van der Waals surface area contributed by atoms with Crippen molar-refractivity contribution in [3.8, 4) is 0 Å².